The highest BCUT2D eigenvalue weighted by Crippen LogP contribution is 2.40. The number of hydrogen-bond acceptors (Lipinski definition) is 9. The molecule has 5 N–H and O–H groups in total. The van der Waals surface area contributed by atoms with Gasteiger partial charge in [-0.15, -0.1) is 21.5 Å². The van der Waals surface area contributed by atoms with Crippen molar-refractivity contribution in [1.29, 1.82) is 5.26 Å². The van der Waals surface area contributed by atoms with E-state index in [2.05, 4.69) is 26.6 Å². The van der Waals surface area contributed by atoms with Crippen LogP contribution in [0.15, 0.2) is 0 Å². The molecule has 0 saturated carbocycles. The zero-order chi connectivity index (χ0) is 18.3. The van der Waals surface area contributed by atoms with Crippen LogP contribution in [0.5, 0.6) is 0 Å². The monoisotopic (exact) mass is 373 g/mol. The number of nitrogen functional groups attached to an aromatic ring is 2. The lowest BCUT2D eigenvalue weighted by atomic mass is 9.95. The van der Waals surface area contributed by atoms with Gasteiger partial charge in [-0.3, -0.25) is 10.1 Å². The summed E-state index contributed by atoms with van der Waals surface area (Å²) in [5, 5.41) is 21.6. The molecule has 0 saturated heterocycles. The van der Waals surface area contributed by atoms with Gasteiger partial charge in [-0.1, -0.05) is 25.2 Å². The number of nitrogens with one attached hydrogen (secondary N) is 1. The maximum absolute atomic E-state index is 12.6. The summed E-state index contributed by atoms with van der Waals surface area (Å²) in [6.45, 7) is 5.68. The van der Waals surface area contributed by atoms with Crippen molar-refractivity contribution >= 4 is 55.4 Å². The molecule has 8 nitrogen and oxygen atoms in total. The molecule has 0 aliphatic rings. The maximum atomic E-state index is 12.6. The first kappa shape index (κ1) is 17.1. The zero-order valence-electron chi connectivity index (χ0n) is 13.7. The number of fused-ring (bicyclic) bond motifs is 1. The van der Waals surface area contributed by atoms with Gasteiger partial charge in [-0.25, -0.2) is 4.98 Å². The van der Waals surface area contributed by atoms with Crippen LogP contribution in [-0.2, 0) is 0 Å². The Bertz CT molecular complexity index is 1030. The van der Waals surface area contributed by atoms with E-state index in [0.717, 1.165) is 16.3 Å². The second-order valence-electron chi connectivity index (χ2n) is 5.66. The third-order valence-corrected chi connectivity index (χ3v) is 5.44. The first-order chi connectivity index (χ1) is 11.8. The fraction of sp³-hybridized carbons (Fsp3) is 0.267. The summed E-state index contributed by atoms with van der Waals surface area (Å²) >= 11 is 2.41. The van der Waals surface area contributed by atoms with Gasteiger partial charge in [0.25, 0.3) is 5.91 Å². The van der Waals surface area contributed by atoms with Crippen LogP contribution in [0.25, 0.3) is 10.2 Å². The number of carbonyl (C=O) groups excluding carboxylic acids is 1. The largest absolute Gasteiger partial charge is 0.397 e. The molecule has 1 amide bonds. The minimum absolute atomic E-state index is 0.000994. The minimum atomic E-state index is -0.386. The summed E-state index contributed by atoms with van der Waals surface area (Å²) < 4.78 is 0. The average molecular weight is 373 g/mol. The lowest BCUT2D eigenvalue weighted by Crippen LogP contribution is -2.12. The molecule has 0 unspecified atom stereocenters. The zero-order valence-corrected chi connectivity index (χ0v) is 15.4. The number of nitrogens with zero attached hydrogens (tertiary/aromatic N) is 4. The van der Waals surface area contributed by atoms with Crippen molar-refractivity contribution in [3.05, 3.63) is 21.0 Å². The number of aromatic nitrogens is 3. The van der Waals surface area contributed by atoms with E-state index in [1.807, 2.05) is 13.8 Å². The van der Waals surface area contributed by atoms with Crippen LogP contribution in [0.3, 0.4) is 0 Å². The molecular formula is C15H15N7OS2. The third kappa shape index (κ3) is 2.88. The molecule has 0 fully saturated rings. The Labute approximate surface area is 151 Å². The van der Waals surface area contributed by atoms with Crippen molar-refractivity contribution in [3.63, 3.8) is 0 Å². The fourth-order valence-corrected chi connectivity index (χ4v) is 4.17. The summed E-state index contributed by atoms with van der Waals surface area (Å²) in [6, 6.07) is 2.09. The Morgan fingerprint density at radius 3 is 2.56 bits per heavy atom. The molecule has 3 aromatic heterocycles. The van der Waals surface area contributed by atoms with Crippen molar-refractivity contribution in [2.24, 2.45) is 0 Å². The van der Waals surface area contributed by atoms with Gasteiger partial charge < -0.3 is 11.5 Å². The van der Waals surface area contributed by atoms with Crippen molar-refractivity contribution in [3.8, 4) is 6.07 Å². The fourth-order valence-electron chi connectivity index (χ4n) is 2.56. The number of aryl methyl sites for hydroxylation is 1. The predicted octanol–water partition coefficient (Wildman–Crippen LogP) is 2.87. The number of hydrogen-bond donors (Lipinski definition) is 3. The average Bonchev–Trinajstić information content (AvgIpc) is 3.09. The molecule has 3 aromatic rings. The predicted molar refractivity (Wildman–Crippen MR) is 99.8 cm³/mol. The summed E-state index contributed by atoms with van der Waals surface area (Å²) in [5.74, 6) is -0.240. The van der Waals surface area contributed by atoms with Crippen molar-refractivity contribution in [1.82, 2.24) is 15.2 Å². The van der Waals surface area contributed by atoms with Gasteiger partial charge in [0.2, 0.25) is 5.13 Å². The van der Waals surface area contributed by atoms with Crippen LogP contribution in [0, 0.1) is 18.3 Å². The molecule has 0 bridgehead atoms. The van der Waals surface area contributed by atoms with E-state index in [0.29, 0.717) is 37.0 Å². The van der Waals surface area contributed by atoms with E-state index in [1.54, 1.807) is 6.92 Å². The number of carbonyl (C=O) groups is 1. The number of rotatable bonds is 3. The van der Waals surface area contributed by atoms with Crippen LogP contribution in [0.4, 0.5) is 16.6 Å². The molecule has 128 valence electrons. The van der Waals surface area contributed by atoms with E-state index in [-0.39, 0.29) is 17.6 Å². The Balaban J connectivity index is 2.15. The number of thiophene rings is 1. The van der Waals surface area contributed by atoms with Gasteiger partial charge in [0.05, 0.1) is 11.3 Å². The van der Waals surface area contributed by atoms with Gasteiger partial charge in [-0.2, -0.15) is 5.26 Å². The number of anilines is 3. The smallest absolute Gasteiger partial charge is 0.269 e. The van der Waals surface area contributed by atoms with Crippen LogP contribution >= 0.6 is 22.7 Å². The SMILES string of the molecule is Cc1nnc(NC(=O)c2sc3nc(N)c(C#N)c(C(C)C)c3c2N)s1. The van der Waals surface area contributed by atoms with E-state index >= 15 is 0 Å². The first-order valence-corrected chi connectivity index (χ1v) is 8.99. The Kier molecular flexibility index (Phi) is 4.28. The van der Waals surface area contributed by atoms with Gasteiger partial charge in [0.1, 0.15) is 26.6 Å². The van der Waals surface area contributed by atoms with Crippen LogP contribution < -0.4 is 16.8 Å². The second-order valence-corrected chi connectivity index (χ2v) is 7.84. The quantitative estimate of drug-likeness (QED) is 0.640. The minimum Gasteiger partial charge on any atom is -0.397 e. The second kappa shape index (κ2) is 6.27. The standard InChI is InChI=1S/C15H15N7OS2/c1-5(2)8-7(4-16)12(18)19-14-9(8)10(17)11(25-14)13(23)20-15-22-21-6(3)24-15/h5H,17H2,1-3H3,(H2,18,19)(H,20,22,23). The molecule has 0 atom stereocenters. The summed E-state index contributed by atoms with van der Waals surface area (Å²) in [5.41, 5.74) is 13.5. The molecule has 0 aliphatic heterocycles. The number of amides is 1. The molecule has 0 radical (unpaired) electrons. The molecule has 3 heterocycles. The summed E-state index contributed by atoms with van der Waals surface area (Å²) in [6.07, 6.45) is 0. The van der Waals surface area contributed by atoms with Crippen LogP contribution in [0.1, 0.15) is 45.6 Å². The summed E-state index contributed by atoms with van der Waals surface area (Å²) in [4.78, 5) is 17.7. The number of nitrogens with two attached hydrogens (primary N) is 2. The van der Waals surface area contributed by atoms with Crippen LogP contribution in [0.2, 0.25) is 0 Å². The van der Waals surface area contributed by atoms with E-state index in [4.69, 9.17) is 11.5 Å². The van der Waals surface area contributed by atoms with Gasteiger partial charge in [0.15, 0.2) is 0 Å². The maximum Gasteiger partial charge on any atom is 0.269 e. The Hall–Kier alpha value is -2.77. The van der Waals surface area contributed by atoms with E-state index < -0.39 is 0 Å². The lowest BCUT2D eigenvalue weighted by Gasteiger charge is -2.12. The van der Waals surface area contributed by atoms with Crippen molar-refractivity contribution in [2.45, 2.75) is 26.7 Å². The third-order valence-electron chi connectivity index (χ3n) is 3.59. The molecule has 0 aliphatic carbocycles. The van der Waals surface area contributed by atoms with Gasteiger partial charge in [0, 0.05) is 5.39 Å². The molecule has 0 spiro atoms. The van der Waals surface area contributed by atoms with Crippen LogP contribution in [-0.4, -0.2) is 21.1 Å². The van der Waals surface area contributed by atoms with E-state index in [1.165, 1.54) is 11.3 Å². The first-order valence-electron chi connectivity index (χ1n) is 7.36. The molecular weight excluding hydrogens is 358 g/mol. The lowest BCUT2D eigenvalue weighted by molar-refractivity contribution is 0.103. The van der Waals surface area contributed by atoms with Crippen molar-refractivity contribution in [2.75, 3.05) is 16.8 Å². The highest BCUT2D eigenvalue weighted by molar-refractivity contribution is 7.21. The number of nitriles is 1. The summed E-state index contributed by atoms with van der Waals surface area (Å²) in [7, 11) is 0. The molecule has 3 rings (SSSR count). The highest BCUT2D eigenvalue weighted by atomic mass is 32.1. The topological polar surface area (TPSA) is 144 Å². The Morgan fingerprint density at radius 1 is 1.28 bits per heavy atom. The number of pyridine rings is 1. The highest BCUT2D eigenvalue weighted by Gasteiger charge is 2.25. The molecule has 25 heavy (non-hydrogen) atoms. The normalized spacial score (nSPS) is 11.0. The van der Waals surface area contributed by atoms with Crippen molar-refractivity contribution < 1.29 is 4.79 Å². The molecule has 0 aromatic carbocycles. The Morgan fingerprint density at radius 2 is 2.00 bits per heavy atom. The molecule has 10 heteroatoms. The van der Waals surface area contributed by atoms with Gasteiger partial charge >= 0.3 is 0 Å². The van der Waals surface area contributed by atoms with Gasteiger partial charge in [-0.05, 0) is 18.4 Å². The van der Waals surface area contributed by atoms with E-state index in [9.17, 15) is 10.1 Å².